The molecule has 9 heteroatoms. The van der Waals surface area contributed by atoms with Crippen molar-refractivity contribution in [2.45, 2.75) is 39.7 Å². The number of benzene rings is 1. The number of amides is 3. The number of aromatic nitrogens is 1. The van der Waals surface area contributed by atoms with E-state index in [1.807, 2.05) is 30.3 Å². The van der Waals surface area contributed by atoms with Crippen molar-refractivity contribution in [1.82, 2.24) is 21.2 Å². The zero-order chi connectivity index (χ0) is 20.7. The standard InChI is InChI=1S/C19H24N4O4S/c1-12-15(28-17(21-12)13-8-6-5-7-9-13)16(25)23-22-14(24)10-11-20-18(26)27-19(2,3)4/h5-9H,10-11H2,1-4H3,(H,20,26)(H,22,24)(H,23,25). The van der Waals surface area contributed by atoms with Crippen molar-refractivity contribution in [2.24, 2.45) is 0 Å². The molecule has 3 amide bonds. The van der Waals surface area contributed by atoms with E-state index in [2.05, 4.69) is 21.2 Å². The maximum atomic E-state index is 12.3. The second-order valence-corrected chi connectivity index (χ2v) is 7.98. The Morgan fingerprint density at radius 1 is 1.11 bits per heavy atom. The van der Waals surface area contributed by atoms with Gasteiger partial charge in [0.1, 0.15) is 15.5 Å². The first-order chi connectivity index (χ1) is 13.2. The lowest BCUT2D eigenvalue weighted by Crippen LogP contribution is -2.43. The third kappa shape index (κ3) is 6.66. The lowest BCUT2D eigenvalue weighted by Gasteiger charge is -2.19. The van der Waals surface area contributed by atoms with Crippen molar-refractivity contribution < 1.29 is 19.1 Å². The van der Waals surface area contributed by atoms with Gasteiger partial charge in [-0.05, 0) is 27.7 Å². The maximum absolute atomic E-state index is 12.3. The van der Waals surface area contributed by atoms with Crippen LogP contribution in [0, 0.1) is 6.92 Å². The molecule has 1 aromatic carbocycles. The number of hydrogen-bond acceptors (Lipinski definition) is 6. The average molecular weight is 404 g/mol. The number of aryl methyl sites for hydroxylation is 1. The van der Waals surface area contributed by atoms with Crippen LogP contribution in [-0.4, -0.2) is 35.0 Å². The summed E-state index contributed by atoms with van der Waals surface area (Å²) < 4.78 is 5.07. The molecule has 2 aromatic rings. The summed E-state index contributed by atoms with van der Waals surface area (Å²) in [6, 6.07) is 9.54. The molecule has 2 rings (SSSR count). The molecule has 0 saturated carbocycles. The molecule has 0 aliphatic heterocycles. The molecule has 0 radical (unpaired) electrons. The summed E-state index contributed by atoms with van der Waals surface area (Å²) in [6.07, 6.45) is -0.603. The second kappa shape index (κ2) is 9.32. The van der Waals surface area contributed by atoms with Gasteiger partial charge in [0, 0.05) is 18.5 Å². The summed E-state index contributed by atoms with van der Waals surface area (Å²) in [5.74, 6) is -0.875. The summed E-state index contributed by atoms with van der Waals surface area (Å²) in [5, 5.41) is 3.21. The van der Waals surface area contributed by atoms with Crippen molar-refractivity contribution in [3.05, 3.63) is 40.9 Å². The largest absolute Gasteiger partial charge is 0.444 e. The Labute approximate surface area is 167 Å². The van der Waals surface area contributed by atoms with Gasteiger partial charge in [0.2, 0.25) is 5.91 Å². The predicted molar refractivity (Wildman–Crippen MR) is 107 cm³/mol. The fourth-order valence-corrected chi connectivity index (χ4v) is 3.12. The van der Waals surface area contributed by atoms with Crippen LogP contribution in [-0.2, 0) is 9.53 Å². The third-order valence-corrected chi connectivity index (χ3v) is 4.56. The number of carbonyl (C=O) groups excluding carboxylic acids is 3. The summed E-state index contributed by atoms with van der Waals surface area (Å²) >= 11 is 1.25. The van der Waals surface area contributed by atoms with Crippen LogP contribution in [0.1, 0.15) is 42.6 Å². The van der Waals surface area contributed by atoms with Crippen LogP contribution < -0.4 is 16.2 Å². The molecule has 1 aromatic heterocycles. The molecular formula is C19H24N4O4S. The van der Waals surface area contributed by atoms with E-state index in [9.17, 15) is 14.4 Å². The number of thiazole rings is 1. The van der Waals surface area contributed by atoms with Crippen molar-refractivity contribution in [1.29, 1.82) is 0 Å². The van der Waals surface area contributed by atoms with Gasteiger partial charge in [-0.3, -0.25) is 20.4 Å². The summed E-state index contributed by atoms with van der Waals surface area (Å²) in [6.45, 7) is 7.08. The first-order valence-corrected chi connectivity index (χ1v) is 9.56. The molecule has 0 bridgehead atoms. The summed E-state index contributed by atoms with van der Waals surface area (Å²) in [4.78, 5) is 40.5. The average Bonchev–Trinajstić information content (AvgIpc) is 3.01. The van der Waals surface area contributed by atoms with E-state index in [4.69, 9.17) is 4.74 Å². The lowest BCUT2D eigenvalue weighted by atomic mass is 10.2. The van der Waals surface area contributed by atoms with Gasteiger partial charge >= 0.3 is 6.09 Å². The fourth-order valence-electron chi connectivity index (χ4n) is 2.15. The quantitative estimate of drug-likeness (QED) is 0.664. The van der Waals surface area contributed by atoms with Crippen molar-refractivity contribution in [2.75, 3.05) is 6.54 Å². The Hall–Kier alpha value is -2.94. The van der Waals surface area contributed by atoms with E-state index in [1.165, 1.54) is 11.3 Å². The van der Waals surface area contributed by atoms with E-state index < -0.39 is 23.5 Å². The van der Waals surface area contributed by atoms with Gasteiger partial charge in [-0.2, -0.15) is 0 Å². The normalized spacial score (nSPS) is 10.9. The molecule has 0 fully saturated rings. The number of ether oxygens (including phenoxy) is 1. The number of carbonyl (C=O) groups is 3. The molecule has 0 aliphatic carbocycles. The zero-order valence-electron chi connectivity index (χ0n) is 16.3. The van der Waals surface area contributed by atoms with Gasteiger partial charge in [-0.15, -0.1) is 11.3 Å². The Balaban J connectivity index is 1.80. The molecule has 1 heterocycles. The predicted octanol–water partition coefficient (Wildman–Crippen LogP) is 2.79. The smallest absolute Gasteiger partial charge is 0.407 e. The van der Waals surface area contributed by atoms with E-state index in [0.29, 0.717) is 10.6 Å². The van der Waals surface area contributed by atoms with Gasteiger partial charge in [0.15, 0.2) is 0 Å². The van der Waals surface area contributed by atoms with Crippen LogP contribution >= 0.6 is 11.3 Å². The first-order valence-electron chi connectivity index (χ1n) is 8.74. The highest BCUT2D eigenvalue weighted by molar-refractivity contribution is 7.17. The number of alkyl carbamates (subject to hydrolysis) is 1. The van der Waals surface area contributed by atoms with Crippen LogP contribution in [0.25, 0.3) is 10.6 Å². The molecule has 0 spiro atoms. The molecule has 3 N–H and O–H groups in total. The number of hydrogen-bond donors (Lipinski definition) is 3. The Kier molecular flexibility index (Phi) is 7.11. The number of nitrogens with zero attached hydrogens (tertiary/aromatic N) is 1. The molecule has 0 aliphatic rings. The van der Waals surface area contributed by atoms with Gasteiger partial charge in [0.05, 0.1) is 5.69 Å². The van der Waals surface area contributed by atoms with Crippen LogP contribution in [0.2, 0.25) is 0 Å². The second-order valence-electron chi connectivity index (χ2n) is 6.98. The number of hydrazine groups is 1. The highest BCUT2D eigenvalue weighted by Gasteiger charge is 2.18. The van der Waals surface area contributed by atoms with Crippen molar-refractivity contribution in [3.63, 3.8) is 0 Å². The van der Waals surface area contributed by atoms with Gasteiger partial charge in [0.25, 0.3) is 5.91 Å². The third-order valence-electron chi connectivity index (χ3n) is 3.36. The van der Waals surface area contributed by atoms with E-state index in [-0.39, 0.29) is 13.0 Å². The Bertz CT molecular complexity index is 843. The first kappa shape index (κ1) is 21.4. The number of nitrogens with one attached hydrogen (secondary N) is 3. The SMILES string of the molecule is Cc1nc(-c2ccccc2)sc1C(=O)NNC(=O)CCNC(=O)OC(C)(C)C. The van der Waals surface area contributed by atoms with Crippen LogP contribution in [0.15, 0.2) is 30.3 Å². The highest BCUT2D eigenvalue weighted by Crippen LogP contribution is 2.27. The summed E-state index contributed by atoms with van der Waals surface area (Å²) in [7, 11) is 0. The van der Waals surface area contributed by atoms with Crippen LogP contribution in [0.4, 0.5) is 4.79 Å². The fraction of sp³-hybridized carbons (Fsp3) is 0.368. The van der Waals surface area contributed by atoms with E-state index in [1.54, 1.807) is 27.7 Å². The Morgan fingerprint density at radius 3 is 2.43 bits per heavy atom. The molecular weight excluding hydrogens is 380 g/mol. The maximum Gasteiger partial charge on any atom is 0.407 e. The van der Waals surface area contributed by atoms with Crippen LogP contribution in [0.3, 0.4) is 0 Å². The molecule has 0 saturated heterocycles. The molecule has 28 heavy (non-hydrogen) atoms. The molecule has 8 nitrogen and oxygen atoms in total. The van der Waals surface area contributed by atoms with Gasteiger partial charge in [-0.25, -0.2) is 9.78 Å². The minimum absolute atomic E-state index is 0.00351. The van der Waals surface area contributed by atoms with Gasteiger partial charge in [-0.1, -0.05) is 30.3 Å². The highest BCUT2D eigenvalue weighted by atomic mass is 32.1. The monoisotopic (exact) mass is 404 g/mol. The zero-order valence-corrected chi connectivity index (χ0v) is 17.1. The van der Waals surface area contributed by atoms with E-state index in [0.717, 1.165) is 10.6 Å². The molecule has 0 unspecified atom stereocenters. The van der Waals surface area contributed by atoms with E-state index >= 15 is 0 Å². The minimum Gasteiger partial charge on any atom is -0.444 e. The Morgan fingerprint density at radius 2 is 1.79 bits per heavy atom. The number of rotatable bonds is 5. The summed E-state index contributed by atoms with van der Waals surface area (Å²) in [5.41, 5.74) is 5.60. The van der Waals surface area contributed by atoms with Gasteiger partial charge < -0.3 is 10.1 Å². The lowest BCUT2D eigenvalue weighted by molar-refractivity contribution is -0.121. The van der Waals surface area contributed by atoms with Crippen molar-refractivity contribution in [3.8, 4) is 10.6 Å². The molecule has 150 valence electrons. The topological polar surface area (TPSA) is 109 Å². The van der Waals surface area contributed by atoms with Crippen LogP contribution in [0.5, 0.6) is 0 Å². The van der Waals surface area contributed by atoms with Crippen molar-refractivity contribution >= 4 is 29.2 Å². The minimum atomic E-state index is -0.606. The molecule has 0 atom stereocenters.